The summed E-state index contributed by atoms with van der Waals surface area (Å²) in [5.74, 6) is -0.0226. The molecule has 0 aromatic heterocycles. The quantitative estimate of drug-likeness (QED) is 0.452. The Labute approximate surface area is 98.0 Å². The largest absolute Gasteiger partial charge is 0.264 e. The number of allylic oxidation sites excluding steroid dienone is 2. The Balaban J connectivity index is 3.29. The van der Waals surface area contributed by atoms with Gasteiger partial charge in [0.2, 0.25) is 10.0 Å². The molecule has 0 amide bonds. The van der Waals surface area contributed by atoms with Crippen LogP contribution >= 0.6 is 11.6 Å². The number of primary sulfonamides is 1. The smallest absolute Gasteiger partial charge is 0.263 e. The Morgan fingerprint density at radius 1 is 1.50 bits per heavy atom. The van der Waals surface area contributed by atoms with E-state index < -0.39 is 25.7 Å². The summed E-state index contributed by atoms with van der Waals surface area (Å²) in [5.41, 5.74) is -1.76. The molecule has 8 heteroatoms. The molecule has 0 fully saturated rings. The first-order valence-electron chi connectivity index (χ1n) is 4.42. The number of alkyl halides is 1. The van der Waals surface area contributed by atoms with Gasteiger partial charge in [-0.05, 0) is 6.08 Å². The van der Waals surface area contributed by atoms with E-state index >= 15 is 0 Å². The van der Waals surface area contributed by atoms with Crippen molar-refractivity contribution in [2.24, 2.45) is 5.14 Å². The first-order chi connectivity index (χ1) is 7.34. The number of nitro groups is 1. The SMILES string of the molecule is NS(=O)(=O)C1C=CC=CC1(CCCl)[N+](=O)[O-]. The van der Waals surface area contributed by atoms with Gasteiger partial charge in [0.15, 0.2) is 5.25 Å². The highest BCUT2D eigenvalue weighted by atomic mass is 35.5. The minimum absolute atomic E-state index is 0.0226. The molecule has 2 unspecified atom stereocenters. The van der Waals surface area contributed by atoms with Crippen LogP contribution in [0.3, 0.4) is 0 Å². The third kappa shape index (κ3) is 2.26. The van der Waals surface area contributed by atoms with Gasteiger partial charge >= 0.3 is 0 Å². The molecule has 0 saturated heterocycles. The molecule has 0 aromatic carbocycles. The maximum atomic E-state index is 11.3. The first kappa shape index (κ1) is 13.1. The van der Waals surface area contributed by atoms with Crippen LogP contribution in [0.4, 0.5) is 0 Å². The van der Waals surface area contributed by atoms with E-state index in [1.807, 2.05) is 0 Å². The minimum atomic E-state index is -4.04. The molecule has 0 heterocycles. The van der Waals surface area contributed by atoms with Crippen molar-refractivity contribution in [2.45, 2.75) is 17.2 Å². The van der Waals surface area contributed by atoms with Crippen molar-refractivity contribution in [3.8, 4) is 0 Å². The predicted octanol–water partition coefficient (Wildman–Crippen LogP) is 0.414. The summed E-state index contributed by atoms with van der Waals surface area (Å²) < 4.78 is 22.7. The monoisotopic (exact) mass is 266 g/mol. The fourth-order valence-corrected chi connectivity index (χ4v) is 3.14. The molecule has 16 heavy (non-hydrogen) atoms. The van der Waals surface area contributed by atoms with Gasteiger partial charge in [0.1, 0.15) is 0 Å². The van der Waals surface area contributed by atoms with Crippen LogP contribution in [-0.2, 0) is 10.0 Å². The number of rotatable bonds is 4. The summed E-state index contributed by atoms with van der Waals surface area (Å²) in [6, 6.07) is 0. The second-order valence-corrected chi connectivity index (χ2v) is 5.50. The van der Waals surface area contributed by atoms with Gasteiger partial charge in [-0.3, -0.25) is 10.1 Å². The lowest BCUT2D eigenvalue weighted by Gasteiger charge is -2.28. The van der Waals surface area contributed by atoms with Crippen LogP contribution in [0.15, 0.2) is 24.3 Å². The zero-order valence-electron chi connectivity index (χ0n) is 8.24. The van der Waals surface area contributed by atoms with Crippen molar-refractivity contribution in [3.63, 3.8) is 0 Å². The Morgan fingerprint density at radius 3 is 2.56 bits per heavy atom. The summed E-state index contributed by atoms with van der Waals surface area (Å²) in [4.78, 5) is 10.4. The van der Waals surface area contributed by atoms with Crippen LogP contribution in [0.1, 0.15) is 6.42 Å². The third-order valence-corrected chi connectivity index (χ3v) is 3.93. The summed E-state index contributed by atoms with van der Waals surface area (Å²) in [7, 11) is -4.04. The fourth-order valence-electron chi connectivity index (χ4n) is 1.68. The highest BCUT2D eigenvalue weighted by molar-refractivity contribution is 7.90. The molecule has 0 bridgehead atoms. The number of halogens is 1. The number of hydrogen-bond donors (Lipinski definition) is 1. The van der Waals surface area contributed by atoms with E-state index in [9.17, 15) is 18.5 Å². The van der Waals surface area contributed by atoms with Gasteiger partial charge in [-0.25, -0.2) is 13.6 Å². The summed E-state index contributed by atoms with van der Waals surface area (Å²) in [6.07, 6.45) is 5.20. The van der Waals surface area contributed by atoms with E-state index in [0.29, 0.717) is 0 Å². The second-order valence-electron chi connectivity index (χ2n) is 3.44. The van der Waals surface area contributed by atoms with Crippen LogP contribution in [0.5, 0.6) is 0 Å². The van der Waals surface area contributed by atoms with Crippen molar-refractivity contribution in [1.82, 2.24) is 0 Å². The van der Waals surface area contributed by atoms with Crippen LogP contribution in [0.25, 0.3) is 0 Å². The van der Waals surface area contributed by atoms with Gasteiger partial charge in [-0.15, -0.1) is 11.6 Å². The predicted molar refractivity (Wildman–Crippen MR) is 60.2 cm³/mol. The van der Waals surface area contributed by atoms with E-state index in [-0.39, 0.29) is 12.3 Å². The van der Waals surface area contributed by atoms with Crippen molar-refractivity contribution in [3.05, 3.63) is 34.4 Å². The zero-order chi connectivity index (χ0) is 12.4. The summed E-state index contributed by atoms with van der Waals surface area (Å²) >= 11 is 5.49. The average Bonchev–Trinajstić information content (AvgIpc) is 2.17. The second kappa shape index (κ2) is 4.52. The molecule has 90 valence electrons. The van der Waals surface area contributed by atoms with E-state index in [1.165, 1.54) is 24.3 Å². The molecule has 0 aromatic rings. The van der Waals surface area contributed by atoms with Gasteiger partial charge in [0.05, 0.1) is 0 Å². The molecule has 6 nitrogen and oxygen atoms in total. The van der Waals surface area contributed by atoms with Gasteiger partial charge in [0.25, 0.3) is 5.54 Å². The van der Waals surface area contributed by atoms with Gasteiger partial charge in [-0.2, -0.15) is 0 Å². The summed E-state index contributed by atoms with van der Waals surface area (Å²) in [6.45, 7) is 0. The van der Waals surface area contributed by atoms with Crippen LogP contribution in [-0.4, -0.2) is 30.0 Å². The Kier molecular flexibility index (Phi) is 3.72. The topological polar surface area (TPSA) is 103 Å². The standard InChI is InChI=1S/C8H11ClN2O4S/c9-6-5-8(11(12)13)4-2-1-3-7(8)16(10,14)15/h1-4,7H,5-6H2,(H2,10,14,15). The zero-order valence-corrected chi connectivity index (χ0v) is 9.82. The third-order valence-electron chi connectivity index (χ3n) is 2.46. The molecule has 2 N–H and O–H groups in total. The van der Waals surface area contributed by atoms with Crippen LogP contribution in [0, 0.1) is 10.1 Å². The van der Waals surface area contributed by atoms with E-state index in [4.69, 9.17) is 16.7 Å². The molecule has 2 atom stereocenters. The van der Waals surface area contributed by atoms with Crippen LogP contribution in [0.2, 0.25) is 0 Å². The first-order valence-corrected chi connectivity index (χ1v) is 6.57. The normalized spacial score (nSPS) is 29.2. The highest BCUT2D eigenvalue weighted by Crippen LogP contribution is 2.30. The molecule has 1 rings (SSSR count). The lowest BCUT2D eigenvalue weighted by molar-refractivity contribution is -0.553. The number of hydrogen-bond acceptors (Lipinski definition) is 4. The number of sulfonamides is 1. The maximum Gasteiger partial charge on any atom is 0.263 e. The minimum Gasteiger partial charge on any atom is -0.264 e. The number of nitrogens with zero attached hydrogens (tertiary/aromatic N) is 1. The Bertz CT molecular complexity index is 445. The van der Waals surface area contributed by atoms with Gasteiger partial charge in [-0.1, -0.05) is 18.2 Å². The molecule has 0 aliphatic heterocycles. The summed E-state index contributed by atoms with van der Waals surface area (Å²) in [5, 5.41) is 14.7. The van der Waals surface area contributed by atoms with Gasteiger partial charge in [0, 0.05) is 17.2 Å². The molecule has 1 aliphatic rings. The van der Waals surface area contributed by atoms with Gasteiger partial charge < -0.3 is 0 Å². The Morgan fingerprint density at radius 2 is 2.12 bits per heavy atom. The fraction of sp³-hybridized carbons (Fsp3) is 0.500. The number of nitrogens with two attached hydrogens (primary N) is 1. The molecule has 0 spiro atoms. The average molecular weight is 267 g/mol. The molecule has 0 radical (unpaired) electrons. The molecule has 1 aliphatic carbocycles. The van der Waals surface area contributed by atoms with Crippen molar-refractivity contribution in [2.75, 3.05) is 5.88 Å². The molecule has 0 saturated carbocycles. The lowest BCUT2D eigenvalue weighted by Crippen LogP contribution is -2.53. The van der Waals surface area contributed by atoms with E-state index in [2.05, 4.69) is 0 Å². The van der Waals surface area contributed by atoms with Crippen molar-refractivity contribution >= 4 is 21.6 Å². The maximum absolute atomic E-state index is 11.3. The van der Waals surface area contributed by atoms with Crippen molar-refractivity contribution in [1.29, 1.82) is 0 Å². The van der Waals surface area contributed by atoms with Crippen LogP contribution < -0.4 is 5.14 Å². The molecular weight excluding hydrogens is 256 g/mol. The lowest BCUT2D eigenvalue weighted by atomic mass is 9.89. The highest BCUT2D eigenvalue weighted by Gasteiger charge is 2.52. The van der Waals surface area contributed by atoms with E-state index in [1.54, 1.807) is 0 Å². The van der Waals surface area contributed by atoms with E-state index in [0.717, 1.165) is 0 Å². The molecular formula is C8H11ClN2O4S. The Hall–Kier alpha value is -0.920. The van der Waals surface area contributed by atoms with Crippen molar-refractivity contribution < 1.29 is 13.3 Å².